The zero-order chi connectivity index (χ0) is 12.6. The lowest BCUT2D eigenvalue weighted by atomic mass is 10.2. The number of hydrogen-bond acceptors (Lipinski definition) is 0. The molecule has 1 atom stereocenters. The van der Waals surface area contributed by atoms with Gasteiger partial charge in [0.25, 0.3) is 0 Å². The maximum atomic E-state index is 12.1. The van der Waals surface area contributed by atoms with Crippen molar-refractivity contribution >= 4 is 18.6 Å². The Bertz CT molecular complexity index is 172. The third kappa shape index (κ3) is 12.2. The van der Waals surface area contributed by atoms with Crippen LogP contribution in [0.1, 0.15) is 26.2 Å². The Morgan fingerprint density at radius 1 is 1.06 bits per heavy atom. The highest BCUT2D eigenvalue weighted by Crippen LogP contribution is 2.24. The number of hydrogen-bond donors (Lipinski definition) is 0. The SMILES string of the molecule is CC(CC[SiH2]CCCC(F)F)C[Si](F)(F)F. The minimum atomic E-state index is -5.39. The van der Waals surface area contributed by atoms with E-state index < -0.39 is 31.1 Å². The predicted molar refractivity (Wildman–Crippen MR) is 61.1 cm³/mol. The van der Waals surface area contributed by atoms with Gasteiger partial charge in [0.1, 0.15) is 0 Å². The minimum Gasteiger partial charge on any atom is -0.238 e. The molecule has 0 aromatic rings. The first-order chi connectivity index (χ1) is 7.31. The topological polar surface area (TPSA) is 0 Å². The van der Waals surface area contributed by atoms with Crippen LogP contribution in [-0.4, -0.2) is 25.0 Å². The van der Waals surface area contributed by atoms with E-state index in [0.717, 1.165) is 12.1 Å². The second-order valence-electron chi connectivity index (χ2n) is 4.31. The van der Waals surface area contributed by atoms with E-state index in [1.54, 1.807) is 6.92 Å². The maximum Gasteiger partial charge on any atom is 0.616 e. The van der Waals surface area contributed by atoms with Gasteiger partial charge >= 0.3 is 9.08 Å². The molecule has 0 aromatic heterocycles. The summed E-state index contributed by atoms with van der Waals surface area (Å²) in [5.41, 5.74) is 0. The van der Waals surface area contributed by atoms with Crippen LogP contribution in [0, 0.1) is 5.92 Å². The third-order valence-corrected chi connectivity index (χ3v) is 5.52. The van der Waals surface area contributed by atoms with E-state index >= 15 is 0 Å². The second kappa shape index (κ2) is 8.22. The van der Waals surface area contributed by atoms with Crippen molar-refractivity contribution in [2.45, 2.75) is 50.7 Å². The Labute approximate surface area is 97.0 Å². The van der Waals surface area contributed by atoms with Gasteiger partial charge in [-0.15, -0.1) is 0 Å². The molecule has 0 aliphatic heterocycles. The van der Waals surface area contributed by atoms with Gasteiger partial charge in [0.05, 0.1) is 0 Å². The van der Waals surface area contributed by atoms with E-state index in [9.17, 15) is 21.1 Å². The molecule has 0 nitrogen and oxygen atoms in total. The summed E-state index contributed by atoms with van der Waals surface area (Å²) >= 11 is 0. The Morgan fingerprint density at radius 2 is 1.69 bits per heavy atom. The molecule has 0 fully saturated rings. The van der Waals surface area contributed by atoms with Crippen LogP contribution in [0.15, 0.2) is 0 Å². The zero-order valence-corrected chi connectivity index (χ0v) is 11.9. The van der Waals surface area contributed by atoms with Gasteiger partial charge in [-0.2, -0.15) is 0 Å². The monoisotopic (exact) mass is 278 g/mol. The highest BCUT2D eigenvalue weighted by atomic mass is 28.5. The Morgan fingerprint density at radius 3 is 2.19 bits per heavy atom. The molecule has 0 amide bonds. The zero-order valence-electron chi connectivity index (χ0n) is 9.49. The first kappa shape index (κ1) is 16.1. The van der Waals surface area contributed by atoms with Crippen LogP contribution in [0.5, 0.6) is 0 Å². The summed E-state index contributed by atoms with van der Waals surface area (Å²) in [5, 5.41) is 0. The van der Waals surface area contributed by atoms with Gasteiger partial charge in [-0.1, -0.05) is 31.9 Å². The van der Waals surface area contributed by atoms with Crippen LogP contribution in [0.3, 0.4) is 0 Å². The van der Waals surface area contributed by atoms with Gasteiger partial charge in [-0.05, 0) is 5.92 Å². The summed E-state index contributed by atoms with van der Waals surface area (Å²) < 4.78 is 59.8. The molecule has 98 valence electrons. The van der Waals surface area contributed by atoms with E-state index in [-0.39, 0.29) is 12.3 Å². The van der Waals surface area contributed by atoms with Crippen molar-refractivity contribution in [2.24, 2.45) is 5.92 Å². The summed E-state index contributed by atoms with van der Waals surface area (Å²) in [6.45, 7) is 1.63. The van der Waals surface area contributed by atoms with Crippen molar-refractivity contribution in [2.75, 3.05) is 0 Å². The molecular weight excluding hydrogens is 259 g/mol. The quantitative estimate of drug-likeness (QED) is 0.260. The lowest BCUT2D eigenvalue weighted by molar-refractivity contribution is 0.136. The van der Waals surface area contributed by atoms with Gasteiger partial charge in [-0.25, -0.2) is 21.1 Å². The van der Waals surface area contributed by atoms with Crippen LogP contribution < -0.4 is 0 Å². The number of alkyl halides is 2. The van der Waals surface area contributed by atoms with Crippen LogP contribution in [0.4, 0.5) is 21.1 Å². The molecule has 1 unspecified atom stereocenters. The van der Waals surface area contributed by atoms with Crippen LogP contribution in [0.25, 0.3) is 0 Å². The summed E-state index contributed by atoms with van der Waals surface area (Å²) in [5.74, 6) is -0.269. The van der Waals surface area contributed by atoms with Crippen molar-refractivity contribution in [3.05, 3.63) is 0 Å². The van der Waals surface area contributed by atoms with Gasteiger partial charge in [-0.3, -0.25) is 0 Å². The largest absolute Gasteiger partial charge is 0.616 e. The molecule has 7 heteroatoms. The highest BCUT2D eigenvalue weighted by Gasteiger charge is 2.37. The predicted octanol–water partition coefficient (Wildman–Crippen LogP) is 3.91. The molecule has 0 saturated carbocycles. The standard InChI is InChI=1S/C9H19F5Si2/c1-8(7-16(12,13)14)4-6-15-5-2-3-9(10)11/h8-9H,2-7,15H2,1H3. The first-order valence-electron chi connectivity index (χ1n) is 5.66. The first-order valence-corrected chi connectivity index (χ1v) is 9.50. The van der Waals surface area contributed by atoms with Crippen molar-refractivity contribution in [3.8, 4) is 0 Å². The van der Waals surface area contributed by atoms with E-state index in [1.165, 1.54) is 0 Å². The molecule has 0 saturated heterocycles. The van der Waals surface area contributed by atoms with E-state index in [4.69, 9.17) is 0 Å². The molecule has 0 rings (SSSR count). The van der Waals surface area contributed by atoms with Crippen molar-refractivity contribution < 1.29 is 21.1 Å². The van der Waals surface area contributed by atoms with Crippen LogP contribution >= 0.6 is 0 Å². The number of halogens is 5. The molecule has 0 bridgehead atoms. The fraction of sp³-hybridized carbons (Fsp3) is 1.00. The Kier molecular flexibility index (Phi) is 8.26. The highest BCUT2D eigenvalue weighted by molar-refractivity contribution is 6.58. The fourth-order valence-corrected chi connectivity index (χ4v) is 4.62. The van der Waals surface area contributed by atoms with E-state index in [2.05, 4.69) is 0 Å². The van der Waals surface area contributed by atoms with Gasteiger partial charge < -0.3 is 0 Å². The van der Waals surface area contributed by atoms with Gasteiger partial charge in [0, 0.05) is 22.0 Å². The average Bonchev–Trinajstić information content (AvgIpc) is 2.07. The average molecular weight is 278 g/mol. The van der Waals surface area contributed by atoms with Crippen LogP contribution in [0.2, 0.25) is 18.1 Å². The molecule has 0 aromatic carbocycles. The summed E-state index contributed by atoms with van der Waals surface area (Å²) in [6, 6.07) is 1.10. The van der Waals surface area contributed by atoms with Crippen molar-refractivity contribution in [1.29, 1.82) is 0 Å². The van der Waals surface area contributed by atoms with Crippen molar-refractivity contribution in [3.63, 3.8) is 0 Å². The lowest BCUT2D eigenvalue weighted by Crippen LogP contribution is -2.18. The summed E-state index contributed by atoms with van der Waals surface area (Å²) in [4.78, 5) is 0. The van der Waals surface area contributed by atoms with Crippen molar-refractivity contribution in [1.82, 2.24) is 0 Å². The van der Waals surface area contributed by atoms with Gasteiger partial charge in [0.15, 0.2) is 0 Å². The minimum absolute atomic E-state index is 0.0575. The molecule has 0 N–H and O–H groups in total. The Balaban J connectivity index is 3.31. The molecule has 0 radical (unpaired) electrons. The summed E-state index contributed by atoms with van der Waals surface area (Å²) in [7, 11) is -5.81. The molecule has 0 aliphatic carbocycles. The molecule has 0 heterocycles. The second-order valence-corrected chi connectivity index (χ2v) is 8.07. The van der Waals surface area contributed by atoms with E-state index in [0.29, 0.717) is 12.8 Å². The van der Waals surface area contributed by atoms with Crippen LogP contribution in [-0.2, 0) is 0 Å². The van der Waals surface area contributed by atoms with E-state index in [1.807, 2.05) is 0 Å². The fourth-order valence-electron chi connectivity index (χ4n) is 1.64. The van der Waals surface area contributed by atoms with Gasteiger partial charge in [0.2, 0.25) is 6.43 Å². The molecule has 16 heavy (non-hydrogen) atoms. The molecule has 0 spiro atoms. The third-order valence-electron chi connectivity index (χ3n) is 2.45. The molecular formula is C9H19F5Si2. The summed E-state index contributed by atoms with van der Waals surface area (Å²) in [6.07, 6.45) is -1.14. The Hall–Kier alpha value is 0.0838. The normalized spacial score (nSPS) is 15.2. The number of rotatable bonds is 9. The lowest BCUT2D eigenvalue weighted by Gasteiger charge is -2.11. The molecule has 0 aliphatic rings. The maximum absolute atomic E-state index is 12.1. The smallest absolute Gasteiger partial charge is 0.238 e.